The maximum absolute atomic E-state index is 12.1. The zero-order chi connectivity index (χ0) is 20.3. The smallest absolute Gasteiger partial charge is 0.221 e. The summed E-state index contributed by atoms with van der Waals surface area (Å²) < 4.78 is 9.10. The summed E-state index contributed by atoms with van der Waals surface area (Å²) in [5.41, 5.74) is 3.04. The topological polar surface area (TPSA) is 113 Å². The van der Waals surface area contributed by atoms with Gasteiger partial charge in [-0.1, -0.05) is 17.3 Å². The zero-order valence-electron chi connectivity index (χ0n) is 16.2. The van der Waals surface area contributed by atoms with Crippen molar-refractivity contribution in [1.82, 2.24) is 40.1 Å². The van der Waals surface area contributed by atoms with Crippen LogP contribution >= 0.6 is 0 Å². The molecule has 152 valence electrons. The number of aromatic nitrogens is 7. The van der Waals surface area contributed by atoms with E-state index in [-0.39, 0.29) is 5.91 Å². The van der Waals surface area contributed by atoms with Gasteiger partial charge in [0.05, 0.1) is 25.2 Å². The number of rotatable bonds is 0. The van der Waals surface area contributed by atoms with Crippen LogP contribution in [0.3, 0.4) is 0 Å². The van der Waals surface area contributed by atoms with Crippen molar-refractivity contribution in [1.29, 1.82) is 0 Å². The molecular formula is C20H20N8O2. The molecule has 1 amide bonds. The van der Waals surface area contributed by atoms with Gasteiger partial charge in [0.25, 0.3) is 0 Å². The van der Waals surface area contributed by atoms with Gasteiger partial charge in [-0.3, -0.25) is 9.48 Å². The molecule has 5 heterocycles. The molecule has 30 heavy (non-hydrogen) atoms. The SMILES string of the molecule is O=C1CCn2cc(cn2)-n2nnc3cnc(nc32)Cc2ccc(cc2)OCCCN1. The zero-order valence-corrected chi connectivity index (χ0v) is 16.2. The summed E-state index contributed by atoms with van der Waals surface area (Å²) in [6.45, 7) is 1.59. The lowest BCUT2D eigenvalue weighted by Crippen LogP contribution is -2.26. The van der Waals surface area contributed by atoms with Gasteiger partial charge in [-0.05, 0) is 24.1 Å². The minimum Gasteiger partial charge on any atom is -0.494 e. The number of nitrogens with zero attached hydrogens (tertiary/aromatic N) is 7. The number of fused-ring (bicyclic) bond motifs is 9. The van der Waals surface area contributed by atoms with E-state index in [1.54, 1.807) is 21.8 Å². The van der Waals surface area contributed by atoms with E-state index in [0.717, 1.165) is 23.4 Å². The van der Waals surface area contributed by atoms with Crippen LogP contribution in [0.4, 0.5) is 0 Å². The molecule has 0 spiro atoms. The van der Waals surface area contributed by atoms with Crippen molar-refractivity contribution in [2.45, 2.75) is 25.8 Å². The molecule has 4 aromatic rings. The Balaban J connectivity index is 1.49. The van der Waals surface area contributed by atoms with Crippen LogP contribution in [0.25, 0.3) is 16.9 Å². The molecule has 10 heteroatoms. The number of hydrogen-bond donors (Lipinski definition) is 1. The second-order valence-corrected chi connectivity index (χ2v) is 7.08. The third-order valence-electron chi connectivity index (χ3n) is 4.87. The third kappa shape index (κ3) is 3.84. The van der Waals surface area contributed by atoms with Crippen molar-refractivity contribution in [2.75, 3.05) is 13.2 Å². The van der Waals surface area contributed by atoms with Crippen LogP contribution in [0.2, 0.25) is 0 Å². The maximum atomic E-state index is 12.1. The van der Waals surface area contributed by atoms with Crippen LogP contribution < -0.4 is 10.1 Å². The van der Waals surface area contributed by atoms with E-state index in [0.29, 0.717) is 49.5 Å². The van der Waals surface area contributed by atoms with E-state index in [9.17, 15) is 4.79 Å². The van der Waals surface area contributed by atoms with Gasteiger partial charge in [0, 0.05) is 25.9 Å². The molecule has 0 fully saturated rings. The number of amides is 1. The van der Waals surface area contributed by atoms with Crippen LogP contribution in [0.15, 0.2) is 42.9 Å². The Morgan fingerprint density at radius 2 is 2.03 bits per heavy atom. The van der Waals surface area contributed by atoms with E-state index in [2.05, 4.69) is 30.7 Å². The second kappa shape index (κ2) is 7.90. The van der Waals surface area contributed by atoms with Gasteiger partial charge in [-0.15, -0.1) is 5.10 Å². The van der Waals surface area contributed by atoms with Crippen molar-refractivity contribution in [3.63, 3.8) is 0 Å². The predicted molar refractivity (Wildman–Crippen MR) is 107 cm³/mol. The van der Waals surface area contributed by atoms with Gasteiger partial charge in [0.15, 0.2) is 11.2 Å². The Labute approximate surface area is 171 Å². The summed E-state index contributed by atoms with van der Waals surface area (Å²) in [6.07, 6.45) is 6.86. The van der Waals surface area contributed by atoms with Crippen LogP contribution in [-0.4, -0.2) is 53.8 Å². The fourth-order valence-electron chi connectivity index (χ4n) is 3.29. The molecule has 0 aliphatic carbocycles. The third-order valence-corrected chi connectivity index (χ3v) is 4.87. The lowest BCUT2D eigenvalue weighted by Gasteiger charge is -2.09. The standard InChI is InChI=1S/C20H20N8O2/c29-19-6-8-27-13-15(11-23-27)28-20-17(25-26-28)12-22-18(24-20)10-14-2-4-16(5-3-14)30-9-1-7-21-19/h2-5,11-13H,1,6-10H2,(H,21,29). The number of nitrogens with one attached hydrogen (secondary N) is 1. The van der Waals surface area contributed by atoms with Gasteiger partial charge in [-0.2, -0.15) is 9.78 Å². The summed E-state index contributed by atoms with van der Waals surface area (Å²) in [5.74, 6) is 1.46. The molecule has 0 atom stereocenters. The lowest BCUT2D eigenvalue weighted by atomic mass is 10.1. The number of ether oxygens (including phenoxy) is 1. The first kappa shape index (κ1) is 18.2. The Morgan fingerprint density at radius 3 is 2.93 bits per heavy atom. The Morgan fingerprint density at radius 1 is 1.13 bits per heavy atom. The molecule has 2 aliphatic heterocycles. The largest absolute Gasteiger partial charge is 0.494 e. The van der Waals surface area contributed by atoms with Gasteiger partial charge >= 0.3 is 0 Å². The molecule has 0 radical (unpaired) electrons. The molecule has 6 rings (SSSR count). The van der Waals surface area contributed by atoms with Crippen LogP contribution in [0, 0.1) is 0 Å². The molecular weight excluding hydrogens is 384 g/mol. The normalized spacial score (nSPS) is 15.1. The summed E-state index contributed by atoms with van der Waals surface area (Å²) >= 11 is 0. The summed E-state index contributed by atoms with van der Waals surface area (Å²) in [4.78, 5) is 21.2. The van der Waals surface area contributed by atoms with Crippen molar-refractivity contribution in [3.8, 4) is 11.4 Å². The number of carbonyl (C=O) groups excluding carboxylic acids is 1. The molecule has 3 aromatic heterocycles. The summed E-state index contributed by atoms with van der Waals surface area (Å²) in [6, 6.07) is 7.88. The fourth-order valence-corrected chi connectivity index (χ4v) is 3.29. The van der Waals surface area contributed by atoms with Crippen LogP contribution in [0.1, 0.15) is 24.2 Å². The van der Waals surface area contributed by atoms with E-state index in [4.69, 9.17) is 4.74 Å². The Bertz CT molecular complexity index is 1180. The van der Waals surface area contributed by atoms with E-state index in [1.807, 2.05) is 30.5 Å². The molecule has 0 saturated heterocycles. The second-order valence-electron chi connectivity index (χ2n) is 7.08. The molecule has 0 saturated carbocycles. The predicted octanol–water partition coefficient (Wildman–Crippen LogP) is 1.29. The monoisotopic (exact) mass is 404 g/mol. The number of benzene rings is 1. The first-order chi connectivity index (χ1) is 14.7. The van der Waals surface area contributed by atoms with E-state index >= 15 is 0 Å². The van der Waals surface area contributed by atoms with E-state index < -0.39 is 0 Å². The van der Waals surface area contributed by atoms with Crippen molar-refractivity contribution < 1.29 is 9.53 Å². The average Bonchev–Trinajstić information content (AvgIpc) is 3.39. The highest BCUT2D eigenvalue weighted by atomic mass is 16.5. The van der Waals surface area contributed by atoms with Crippen molar-refractivity contribution >= 4 is 17.1 Å². The number of carbonyl (C=O) groups is 1. The first-order valence-electron chi connectivity index (χ1n) is 9.83. The Kier molecular flexibility index (Phi) is 4.80. The van der Waals surface area contributed by atoms with Crippen molar-refractivity contribution in [3.05, 3.63) is 54.2 Å². The average molecular weight is 404 g/mol. The highest BCUT2D eigenvalue weighted by Crippen LogP contribution is 2.17. The van der Waals surface area contributed by atoms with Gasteiger partial charge < -0.3 is 10.1 Å². The fraction of sp³-hybridized carbons (Fsp3) is 0.300. The Hall–Kier alpha value is -3.82. The maximum Gasteiger partial charge on any atom is 0.221 e. The lowest BCUT2D eigenvalue weighted by molar-refractivity contribution is -0.121. The minimum absolute atomic E-state index is 0.0191. The van der Waals surface area contributed by atoms with Crippen molar-refractivity contribution in [2.24, 2.45) is 0 Å². The quantitative estimate of drug-likeness (QED) is 0.470. The summed E-state index contributed by atoms with van der Waals surface area (Å²) in [5, 5.41) is 15.6. The molecule has 6 bridgehead atoms. The van der Waals surface area contributed by atoms with Crippen LogP contribution in [-0.2, 0) is 17.8 Å². The molecule has 1 N–H and O–H groups in total. The first-order valence-corrected chi connectivity index (χ1v) is 9.83. The molecule has 0 unspecified atom stereocenters. The number of aryl methyl sites for hydroxylation is 1. The van der Waals surface area contributed by atoms with Gasteiger partial charge in [0.1, 0.15) is 17.3 Å². The van der Waals surface area contributed by atoms with Gasteiger partial charge in [-0.25, -0.2) is 9.97 Å². The molecule has 1 aromatic carbocycles. The highest BCUT2D eigenvalue weighted by Gasteiger charge is 2.13. The van der Waals surface area contributed by atoms with E-state index in [1.165, 1.54) is 0 Å². The van der Waals surface area contributed by atoms with Crippen LogP contribution in [0.5, 0.6) is 5.75 Å². The van der Waals surface area contributed by atoms with Gasteiger partial charge in [0.2, 0.25) is 5.91 Å². The minimum atomic E-state index is -0.0191. The molecule has 2 aliphatic rings. The molecule has 10 nitrogen and oxygen atoms in total. The number of hydrogen-bond acceptors (Lipinski definition) is 7. The summed E-state index contributed by atoms with van der Waals surface area (Å²) in [7, 11) is 0. The highest BCUT2D eigenvalue weighted by molar-refractivity contribution is 5.75.